The minimum atomic E-state index is -3.75. The van der Waals surface area contributed by atoms with Gasteiger partial charge in [-0.3, -0.25) is 9.59 Å². The molecule has 0 aliphatic rings. The van der Waals surface area contributed by atoms with Gasteiger partial charge < -0.3 is 10.1 Å². The zero-order chi connectivity index (χ0) is 22.1. The molecular formula is C21H28N2O5S2. The minimum absolute atomic E-state index is 0.0199. The van der Waals surface area contributed by atoms with Gasteiger partial charge >= 0.3 is 0 Å². The number of ketones is 1. The van der Waals surface area contributed by atoms with Crippen LogP contribution in [0.15, 0.2) is 40.6 Å². The van der Waals surface area contributed by atoms with Crippen molar-refractivity contribution >= 4 is 38.7 Å². The van der Waals surface area contributed by atoms with E-state index in [0.29, 0.717) is 43.1 Å². The monoisotopic (exact) mass is 452 g/mol. The molecule has 1 N–H and O–H groups in total. The van der Waals surface area contributed by atoms with Gasteiger partial charge in [-0.2, -0.15) is 4.31 Å². The van der Waals surface area contributed by atoms with Gasteiger partial charge in [-0.05, 0) is 43.0 Å². The first-order chi connectivity index (χ1) is 14.3. The number of thiophene rings is 1. The maximum absolute atomic E-state index is 13.0. The lowest BCUT2D eigenvalue weighted by Crippen LogP contribution is -2.31. The Morgan fingerprint density at radius 1 is 1.10 bits per heavy atom. The second kappa shape index (κ2) is 11.2. The van der Waals surface area contributed by atoms with Crippen molar-refractivity contribution in [2.24, 2.45) is 0 Å². The summed E-state index contributed by atoms with van der Waals surface area (Å²) in [5.74, 6) is -0.000241. The van der Waals surface area contributed by atoms with E-state index in [1.807, 2.05) is 11.4 Å². The van der Waals surface area contributed by atoms with Crippen LogP contribution >= 0.6 is 11.3 Å². The van der Waals surface area contributed by atoms with Crippen LogP contribution in [0.3, 0.4) is 0 Å². The van der Waals surface area contributed by atoms with Crippen molar-refractivity contribution in [3.05, 3.63) is 40.6 Å². The highest BCUT2D eigenvalue weighted by Crippen LogP contribution is 2.30. The number of hydrogen-bond donors (Lipinski definition) is 1. The molecule has 2 rings (SSSR count). The molecule has 0 aliphatic carbocycles. The number of hydrogen-bond acceptors (Lipinski definition) is 6. The molecule has 1 amide bonds. The van der Waals surface area contributed by atoms with Crippen LogP contribution in [0.5, 0.6) is 5.75 Å². The standard InChI is InChI=1S/C21H28N2O5S2/c1-4-23(5-2)30(26,27)20-15-16(12-13-18(20)28-6-3)22-21(25)11-7-9-17(24)19-10-8-14-29-19/h8,10,12-15H,4-7,9,11H2,1-3H3,(H,22,25). The van der Waals surface area contributed by atoms with Gasteiger partial charge in [-0.25, -0.2) is 8.42 Å². The Bertz CT molecular complexity index is 952. The Balaban J connectivity index is 2.08. The third-order valence-electron chi connectivity index (χ3n) is 4.45. The van der Waals surface area contributed by atoms with Gasteiger partial charge in [0.15, 0.2) is 5.78 Å². The van der Waals surface area contributed by atoms with E-state index < -0.39 is 10.0 Å². The molecule has 0 radical (unpaired) electrons. The van der Waals surface area contributed by atoms with E-state index in [4.69, 9.17) is 4.74 Å². The number of nitrogens with zero attached hydrogens (tertiary/aromatic N) is 1. The quantitative estimate of drug-likeness (QED) is 0.488. The predicted molar refractivity (Wildman–Crippen MR) is 119 cm³/mol. The predicted octanol–water partition coefficient (Wildman–Crippen LogP) is 4.17. The number of nitrogens with one attached hydrogen (secondary N) is 1. The summed E-state index contributed by atoms with van der Waals surface area (Å²) >= 11 is 1.38. The Labute approximate surface area is 182 Å². The number of amides is 1. The fraction of sp³-hybridized carbons (Fsp3) is 0.429. The summed E-state index contributed by atoms with van der Waals surface area (Å²) in [4.78, 5) is 25.0. The summed E-state index contributed by atoms with van der Waals surface area (Å²) in [6.45, 7) is 6.30. The first kappa shape index (κ1) is 24.0. The number of benzene rings is 1. The third kappa shape index (κ3) is 6.13. The highest BCUT2D eigenvalue weighted by molar-refractivity contribution is 7.89. The molecule has 0 unspecified atom stereocenters. The summed E-state index contributed by atoms with van der Waals surface area (Å²) < 4.78 is 32.8. The Morgan fingerprint density at radius 3 is 2.43 bits per heavy atom. The molecule has 0 saturated carbocycles. The van der Waals surface area contributed by atoms with E-state index >= 15 is 0 Å². The largest absolute Gasteiger partial charge is 0.492 e. The van der Waals surface area contributed by atoms with E-state index in [1.165, 1.54) is 21.7 Å². The summed E-state index contributed by atoms with van der Waals surface area (Å²) in [7, 11) is -3.75. The van der Waals surface area contributed by atoms with Crippen LogP contribution in [0.1, 0.15) is 49.7 Å². The van der Waals surface area contributed by atoms with E-state index in [1.54, 1.807) is 39.0 Å². The highest BCUT2D eigenvalue weighted by Gasteiger charge is 2.26. The molecule has 0 spiro atoms. The van der Waals surface area contributed by atoms with Crippen molar-refractivity contribution in [3.63, 3.8) is 0 Å². The minimum Gasteiger partial charge on any atom is -0.492 e. The number of carbonyl (C=O) groups is 2. The zero-order valence-electron chi connectivity index (χ0n) is 17.5. The van der Waals surface area contributed by atoms with Crippen LogP contribution in [-0.2, 0) is 14.8 Å². The molecule has 7 nitrogen and oxygen atoms in total. The molecule has 0 bridgehead atoms. The number of sulfonamides is 1. The maximum Gasteiger partial charge on any atom is 0.246 e. The van der Waals surface area contributed by atoms with Crippen LogP contribution in [0.4, 0.5) is 5.69 Å². The van der Waals surface area contributed by atoms with E-state index in [-0.39, 0.29) is 28.8 Å². The maximum atomic E-state index is 13.0. The van der Waals surface area contributed by atoms with Crippen molar-refractivity contribution < 1.29 is 22.7 Å². The molecular weight excluding hydrogens is 424 g/mol. The normalized spacial score (nSPS) is 11.5. The molecule has 0 aliphatic heterocycles. The Kier molecular flexibility index (Phi) is 9.01. The van der Waals surface area contributed by atoms with Crippen molar-refractivity contribution in [2.45, 2.75) is 44.9 Å². The molecule has 1 heterocycles. The fourth-order valence-electron chi connectivity index (χ4n) is 2.96. The fourth-order valence-corrected chi connectivity index (χ4v) is 5.27. The highest BCUT2D eigenvalue weighted by atomic mass is 32.2. The van der Waals surface area contributed by atoms with Gasteiger partial charge in [0.25, 0.3) is 0 Å². The number of anilines is 1. The zero-order valence-corrected chi connectivity index (χ0v) is 19.1. The van der Waals surface area contributed by atoms with Crippen molar-refractivity contribution in [2.75, 3.05) is 25.0 Å². The summed E-state index contributed by atoms with van der Waals surface area (Å²) in [5.41, 5.74) is 0.374. The first-order valence-corrected chi connectivity index (χ1v) is 12.3. The third-order valence-corrected chi connectivity index (χ3v) is 7.44. The Morgan fingerprint density at radius 2 is 1.83 bits per heavy atom. The first-order valence-electron chi connectivity index (χ1n) is 9.97. The van der Waals surface area contributed by atoms with Gasteiger partial charge in [-0.1, -0.05) is 19.9 Å². The second-order valence-electron chi connectivity index (χ2n) is 6.49. The molecule has 9 heteroatoms. The van der Waals surface area contributed by atoms with Crippen molar-refractivity contribution in [1.82, 2.24) is 4.31 Å². The second-order valence-corrected chi connectivity index (χ2v) is 9.34. The van der Waals surface area contributed by atoms with Crippen LogP contribution in [0.25, 0.3) is 0 Å². The lowest BCUT2D eigenvalue weighted by atomic mass is 10.1. The molecule has 0 atom stereocenters. The molecule has 164 valence electrons. The number of rotatable bonds is 12. The lowest BCUT2D eigenvalue weighted by molar-refractivity contribution is -0.116. The van der Waals surface area contributed by atoms with Gasteiger partial charge in [0.05, 0.1) is 11.5 Å². The number of Topliss-reactive ketones (excluding diaryl/α,β-unsaturated/α-hetero) is 1. The molecule has 1 aromatic heterocycles. The lowest BCUT2D eigenvalue weighted by Gasteiger charge is -2.21. The Hall–Kier alpha value is -2.23. The van der Waals surface area contributed by atoms with Crippen LogP contribution in [-0.4, -0.2) is 44.1 Å². The summed E-state index contributed by atoms with van der Waals surface area (Å²) in [6.07, 6.45) is 0.880. The van der Waals surface area contributed by atoms with E-state index in [0.717, 1.165) is 0 Å². The molecule has 2 aromatic rings. The average molecular weight is 453 g/mol. The molecule has 0 saturated heterocycles. The van der Waals surface area contributed by atoms with Crippen LogP contribution in [0.2, 0.25) is 0 Å². The summed E-state index contributed by atoms with van der Waals surface area (Å²) in [5, 5.41) is 4.56. The van der Waals surface area contributed by atoms with E-state index in [2.05, 4.69) is 5.32 Å². The average Bonchev–Trinajstić information content (AvgIpc) is 3.25. The summed E-state index contributed by atoms with van der Waals surface area (Å²) in [6, 6.07) is 8.18. The topological polar surface area (TPSA) is 92.8 Å². The van der Waals surface area contributed by atoms with Crippen molar-refractivity contribution in [1.29, 1.82) is 0 Å². The van der Waals surface area contributed by atoms with Gasteiger partial charge in [0, 0.05) is 31.6 Å². The van der Waals surface area contributed by atoms with Gasteiger partial charge in [0.2, 0.25) is 15.9 Å². The number of carbonyl (C=O) groups excluding carboxylic acids is 2. The smallest absolute Gasteiger partial charge is 0.246 e. The van der Waals surface area contributed by atoms with Gasteiger partial charge in [0.1, 0.15) is 10.6 Å². The molecule has 30 heavy (non-hydrogen) atoms. The van der Waals surface area contributed by atoms with Gasteiger partial charge in [-0.15, -0.1) is 11.3 Å². The SMILES string of the molecule is CCOc1ccc(NC(=O)CCCC(=O)c2cccs2)cc1S(=O)(=O)N(CC)CC. The molecule has 1 aromatic carbocycles. The van der Waals surface area contributed by atoms with Crippen molar-refractivity contribution in [3.8, 4) is 5.75 Å². The van der Waals surface area contributed by atoms with E-state index in [9.17, 15) is 18.0 Å². The van der Waals surface area contributed by atoms with Crippen LogP contribution < -0.4 is 10.1 Å². The van der Waals surface area contributed by atoms with Crippen LogP contribution in [0, 0.1) is 0 Å². The number of ether oxygens (including phenoxy) is 1. The molecule has 0 fully saturated rings.